The second-order valence-corrected chi connectivity index (χ2v) is 18.4. The van der Waals surface area contributed by atoms with Gasteiger partial charge in [0.15, 0.2) is 6.10 Å². The van der Waals surface area contributed by atoms with Gasteiger partial charge in [-0.05, 0) is 116 Å². The van der Waals surface area contributed by atoms with Gasteiger partial charge >= 0.3 is 11.9 Å². The van der Waals surface area contributed by atoms with Crippen molar-refractivity contribution >= 4 is 11.9 Å². The van der Waals surface area contributed by atoms with Crippen LogP contribution in [0.5, 0.6) is 0 Å². The average molecular weight is 944 g/mol. The van der Waals surface area contributed by atoms with Crippen LogP contribution in [0.3, 0.4) is 0 Å². The fourth-order valence-corrected chi connectivity index (χ4v) is 7.61. The maximum absolute atomic E-state index is 12.8. The van der Waals surface area contributed by atoms with Gasteiger partial charge in [0.05, 0.1) is 6.61 Å². The highest BCUT2D eigenvalue weighted by Gasteiger charge is 2.17. The Bertz CT molecular complexity index is 1340. The van der Waals surface area contributed by atoms with Gasteiger partial charge in [-0.15, -0.1) is 0 Å². The van der Waals surface area contributed by atoms with E-state index >= 15 is 0 Å². The average Bonchev–Trinajstić information content (AvgIpc) is 3.34. The summed E-state index contributed by atoms with van der Waals surface area (Å²) in [5, 5.41) is 0. The van der Waals surface area contributed by atoms with Crippen LogP contribution in [0.25, 0.3) is 0 Å². The molecule has 0 heterocycles. The van der Waals surface area contributed by atoms with Crippen molar-refractivity contribution in [1.82, 2.24) is 0 Å². The van der Waals surface area contributed by atoms with Crippen LogP contribution in [0, 0.1) is 0 Å². The van der Waals surface area contributed by atoms with E-state index in [-0.39, 0.29) is 25.2 Å². The van der Waals surface area contributed by atoms with Crippen molar-refractivity contribution in [2.75, 3.05) is 19.8 Å². The maximum Gasteiger partial charge on any atom is 0.306 e. The second-order valence-electron chi connectivity index (χ2n) is 18.4. The van der Waals surface area contributed by atoms with Crippen LogP contribution in [0.15, 0.2) is 109 Å². The lowest BCUT2D eigenvalue weighted by Gasteiger charge is -2.18. The lowest BCUT2D eigenvalue weighted by molar-refractivity contribution is -0.163. The third-order valence-corrected chi connectivity index (χ3v) is 11.8. The Morgan fingerprint density at radius 1 is 0.338 bits per heavy atom. The van der Waals surface area contributed by atoms with E-state index in [0.29, 0.717) is 19.4 Å². The Kier molecular flexibility index (Phi) is 54.9. The number of carbonyl (C=O) groups excluding carboxylic acids is 2. The van der Waals surface area contributed by atoms with E-state index in [9.17, 15) is 9.59 Å². The summed E-state index contributed by atoms with van der Waals surface area (Å²) in [5.41, 5.74) is 0. The zero-order valence-electron chi connectivity index (χ0n) is 44.6. The smallest absolute Gasteiger partial charge is 0.306 e. The fourth-order valence-electron chi connectivity index (χ4n) is 7.61. The van der Waals surface area contributed by atoms with Gasteiger partial charge in [-0.25, -0.2) is 0 Å². The molecule has 0 aromatic carbocycles. The molecule has 0 N–H and O–H groups in total. The molecular weight excluding hydrogens is 837 g/mol. The number of unbranched alkanes of at least 4 members (excludes halogenated alkanes) is 22. The van der Waals surface area contributed by atoms with Gasteiger partial charge in [-0.1, -0.05) is 233 Å². The van der Waals surface area contributed by atoms with Crippen molar-refractivity contribution in [3.8, 4) is 0 Å². The number of hydrogen-bond donors (Lipinski definition) is 0. The highest BCUT2D eigenvalue weighted by Crippen LogP contribution is 2.14. The fraction of sp³-hybridized carbons (Fsp3) is 0.683. The Balaban J connectivity index is 4.37. The van der Waals surface area contributed by atoms with Crippen molar-refractivity contribution in [1.29, 1.82) is 0 Å². The van der Waals surface area contributed by atoms with Crippen LogP contribution in [0.2, 0.25) is 0 Å². The predicted octanol–water partition coefficient (Wildman–Crippen LogP) is 19.6. The summed E-state index contributed by atoms with van der Waals surface area (Å²) in [5.74, 6) is -0.486. The Morgan fingerprint density at radius 2 is 0.676 bits per heavy atom. The van der Waals surface area contributed by atoms with E-state index in [1.165, 1.54) is 116 Å². The summed E-state index contributed by atoms with van der Waals surface area (Å²) < 4.78 is 17.4. The topological polar surface area (TPSA) is 61.8 Å². The summed E-state index contributed by atoms with van der Waals surface area (Å²) in [6, 6.07) is 0. The van der Waals surface area contributed by atoms with Crippen LogP contribution < -0.4 is 0 Å². The summed E-state index contributed by atoms with van der Waals surface area (Å²) in [7, 11) is 0. The minimum atomic E-state index is -0.576. The Labute approximate surface area is 421 Å². The normalized spacial score (nSPS) is 13.0. The molecule has 0 radical (unpaired) electrons. The second kappa shape index (κ2) is 57.9. The van der Waals surface area contributed by atoms with Crippen molar-refractivity contribution in [2.45, 2.75) is 258 Å². The summed E-state index contributed by atoms with van der Waals surface area (Å²) in [6.45, 7) is 7.53. The molecule has 0 amide bonds. The molecule has 388 valence electrons. The standard InChI is InChI=1S/C63H106O5/c1-4-7-10-13-16-19-22-25-28-30-31-32-34-37-40-43-46-49-52-55-58-66-59-61(68-63(65)57-54-51-48-45-42-39-35-27-24-21-18-15-12-9-6-3)60-67-62(64)56-53-50-47-44-41-38-36-33-29-26-23-20-17-14-11-8-5-2/h8-9,11-12,17-18,20-21,25-29,35-36,38,44,47,61H,4-7,10,13-16,19,22-24,30-34,37,39-43,45-46,48-60H2,1-3H3/b11-8-,12-9-,20-17-,21-18-,28-25-,29-26-,35-27-,38-36-,47-44-. The van der Waals surface area contributed by atoms with E-state index in [0.717, 1.165) is 103 Å². The van der Waals surface area contributed by atoms with E-state index < -0.39 is 6.10 Å². The van der Waals surface area contributed by atoms with Crippen molar-refractivity contribution in [2.24, 2.45) is 0 Å². The van der Waals surface area contributed by atoms with Crippen LogP contribution in [-0.2, 0) is 23.8 Å². The third kappa shape index (κ3) is 55.2. The van der Waals surface area contributed by atoms with Gasteiger partial charge in [0.25, 0.3) is 0 Å². The van der Waals surface area contributed by atoms with E-state index in [2.05, 4.69) is 130 Å². The first-order valence-corrected chi connectivity index (χ1v) is 28.4. The molecule has 1 unspecified atom stereocenters. The van der Waals surface area contributed by atoms with Crippen LogP contribution >= 0.6 is 0 Å². The summed E-state index contributed by atoms with van der Waals surface area (Å²) in [4.78, 5) is 25.5. The molecule has 5 heteroatoms. The molecule has 68 heavy (non-hydrogen) atoms. The minimum Gasteiger partial charge on any atom is -0.462 e. The van der Waals surface area contributed by atoms with Gasteiger partial charge in [0.1, 0.15) is 6.61 Å². The zero-order chi connectivity index (χ0) is 49.2. The molecule has 0 aliphatic rings. The molecule has 0 rings (SSSR count). The summed E-state index contributed by atoms with van der Waals surface area (Å²) in [6.07, 6.45) is 79.7. The molecule has 0 aliphatic carbocycles. The first-order chi connectivity index (χ1) is 33.6. The minimum absolute atomic E-state index is 0.0431. The number of ether oxygens (including phenoxy) is 3. The number of carbonyl (C=O) groups is 2. The monoisotopic (exact) mass is 943 g/mol. The first-order valence-electron chi connectivity index (χ1n) is 28.4. The van der Waals surface area contributed by atoms with E-state index in [1.807, 2.05) is 0 Å². The molecule has 0 saturated heterocycles. The van der Waals surface area contributed by atoms with Gasteiger partial charge in [0, 0.05) is 19.4 Å². The van der Waals surface area contributed by atoms with Crippen molar-refractivity contribution < 1.29 is 23.8 Å². The Hall–Kier alpha value is -3.44. The van der Waals surface area contributed by atoms with Crippen molar-refractivity contribution in [3.63, 3.8) is 0 Å². The molecular formula is C63H106O5. The number of allylic oxidation sites excluding steroid dienone is 18. The van der Waals surface area contributed by atoms with E-state index in [4.69, 9.17) is 14.2 Å². The highest BCUT2D eigenvalue weighted by atomic mass is 16.6. The van der Waals surface area contributed by atoms with Gasteiger partial charge in [0.2, 0.25) is 0 Å². The molecule has 1 atom stereocenters. The SMILES string of the molecule is CC/C=C\C/C=C\C/C=C\C/C=C\C/C=C\CCCC(=O)OCC(COCCCCCCCCCCCC/C=C\CCCCCCCC)OC(=O)CCCCCCC/C=C\C/C=C\C/C=C\CC. The van der Waals surface area contributed by atoms with Crippen LogP contribution in [-0.4, -0.2) is 37.9 Å². The number of rotatable bonds is 51. The number of esters is 2. The van der Waals surface area contributed by atoms with Gasteiger partial charge < -0.3 is 14.2 Å². The molecule has 0 bridgehead atoms. The molecule has 0 aromatic heterocycles. The molecule has 0 aliphatic heterocycles. The van der Waals surface area contributed by atoms with Gasteiger partial charge in [-0.3, -0.25) is 9.59 Å². The largest absolute Gasteiger partial charge is 0.462 e. The lowest BCUT2D eigenvalue weighted by atomic mass is 10.1. The molecule has 0 aromatic rings. The van der Waals surface area contributed by atoms with Crippen LogP contribution in [0.4, 0.5) is 0 Å². The van der Waals surface area contributed by atoms with Gasteiger partial charge in [-0.2, -0.15) is 0 Å². The predicted molar refractivity (Wildman–Crippen MR) is 297 cm³/mol. The van der Waals surface area contributed by atoms with Crippen LogP contribution in [0.1, 0.15) is 252 Å². The lowest BCUT2D eigenvalue weighted by Crippen LogP contribution is -2.30. The summed E-state index contributed by atoms with van der Waals surface area (Å²) >= 11 is 0. The Morgan fingerprint density at radius 3 is 1.12 bits per heavy atom. The first kappa shape index (κ1) is 64.6. The van der Waals surface area contributed by atoms with E-state index in [1.54, 1.807) is 0 Å². The third-order valence-electron chi connectivity index (χ3n) is 11.8. The molecule has 0 saturated carbocycles. The molecule has 0 fully saturated rings. The quantitative estimate of drug-likeness (QED) is 0.0345. The maximum atomic E-state index is 12.8. The highest BCUT2D eigenvalue weighted by molar-refractivity contribution is 5.70. The van der Waals surface area contributed by atoms with Crippen molar-refractivity contribution in [3.05, 3.63) is 109 Å². The zero-order valence-corrected chi connectivity index (χ0v) is 44.6. The molecule has 5 nitrogen and oxygen atoms in total. The molecule has 0 spiro atoms. The number of hydrogen-bond acceptors (Lipinski definition) is 5.